The fraction of sp³-hybridized carbons (Fsp3) is 0.0714. The van der Waals surface area contributed by atoms with E-state index in [9.17, 15) is 13.6 Å². The predicted octanol–water partition coefficient (Wildman–Crippen LogP) is 3.32. The first kappa shape index (κ1) is 13.8. The van der Waals surface area contributed by atoms with E-state index in [2.05, 4.69) is 4.74 Å². The third-order valence-corrected chi connectivity index (χ3v) is 1.96. The lowest BCUT2D eigenvalue weighted by molar-refractivity contribution is -0.129. The number of halogens is 2. The first-order valence-corrected chi connectivity index (χ1v) is 5.22. The Morgan fingerprint density at radius 1 is 0.889 bits per heavy atom. The molecule has 0 saturated heterocycles. The molecule has 0 saturated carbocycles. The monoisotopic (exact) mass is 250 g/mol. The van der Waals surface area contributed by atoms with Crippen molar-refractivity contribution >= 4 is 6.47 Å². The molecule has 0 fully saturated rings. The van der Waals surface area contributed by atoms with Gasteiger partial charge in [0.15, 0.2) is 0 Å². The van der Waals surface area contributed by atoms with E-state index in [1.54, 1.807) is 0 Å². The Balaban J connectivity index is 0.000000184. The number of carbonyl (C=O) groups excluding carboxylic acids is 1. The molecular formula is C14H12F2O2. The van der Waals surface area contributed by atoms with E-state index in [0.717, 1.165) is 29.8 Å². The molecule has 4 heteroatoms. The molecule has 2 rings (SSSR count). The number of hydrogen-bond donors (Lipinski definition) is 0. The fourth-order valence-corrected chi connectivity index (χ4v) is 1.13. The Hall–Kier alpha value is -2.23. The molecule has 2 aromatic carbocycles. The van der Waals surface area contributed by atoms with Crippen LogP contribution in [0.1, 0.15) is 5.56 Å². The smallest absolute Gasteiger partial charge is 0.293 e. The van der Waals surface area contributed by atoms with Crippen LogP contribution in [0.2, 0.25) is 0 Å². The van der Waals surface area contributed by atoms with Crippen LogP contribution >= 0.6 is 0 Å². The van der Waals surface area contributed by atoms with Gasteiger partial charge in [-0.25, -0.2) is 8.78 Å². The Bertz CT molecular complexity index is 434. The second-order valence-corrected chi connectivity index (χ2v) is 3.33. The van der Waals surface area contributed by atoms with Gasteiger partial charge in [-0.05, 0) is 29.8 Å². The summed E-state index contributed by atoms with van der Waals surface area (Å²) in [4.78, 5) is 9.76. The van der Waals surface area contributed by atoms with Crippen molar-refractivity contribution in [2.45, 2.75) is 6.61 Å². The number of hydrogen-bond acceptors (Lipinski definition) is 2. The standard InChI is InChI=1S/C8H8O2.C6H4F2/c9-7-10-6-8-4-2-1-3-5-8;7-5-1-2-6(8)4-3-5/h1-5,7H,6H2;1-4H. The maximum absolute atomic E-state index is 11.9. The van der Waals surface area contributed by atoms with Gasteiger partial charge in [-0.15, -0.1) is 0 Å². The van der Waals surface area contributed by atoms with Crippen molar-refractivity contribution in [1.29, 1.82) is 0 Å². The highest BCUT2D eigenvalue weighted by molar-refractivity contribution is 5.37. The van der Waals surface area contributed by atoms with Gasteiger partial charge < -0.3 is 4.74 Å². The van der Waals surface area contributed by atoms with Crippen LogP contribution in [-0.2, 0) is 16.1 Å². The zero-order valence-electron chi connectivity index (χ0n) is 9.55. The molecule has 0 N–H and O–H groups in total. The Kier molecular flexibility index (Phi) is 6.11. The second-order valence-electron chi connectivity index (χ2n) is 3.33. The third-order valence-electron chi connectivity index (χ3n) is 1.96. The minimum atomic E-state index is -0.411. The van der Waals surface area contributed by atoms with Crippen LogP contribution in [-0.4, -0.2) is 6.47 Å². The van der Waals surface area contributed by atoms with Crippen LogP contribution in [0.3, 0.4) is 0 Å². The first-order chi connectivity index (χ1) is 8.72. The predicted molar refractivity (Wildman–Crippen MR) is 63.7 cm³/mol. The number of benzene rings is 2. The zero-order chi connectivity index (χ0) is 13.2. The van der Waals surface area contributed by atoms with E-state index < -0.39 is 11.6 Å². The van der Waals surface area contributed by atoms with Crippen molar-refractivity contribution in [3.63, 3.8) is 0 Å². The van der Waals surface area contributed by atoms with Gasteiger partial charge in [0.25, 0.3) is 6.47 Å². The second kappa shape index (κ2) is 7.95. The number of ether oxygens (including phenoxy) is 1. The van der Waals surface area contributed by atoms with Crippen molar-refractivity contribution in [3.05, 3.63) is 71.8 Å². The summed E-state index contributed by atoms with van der Waals surface area (Å²) >= 11 is 0. The average Bonchev–Trinajstić information content (AvgIpc) is 2.42. The van der Waals surface area contributed by atoms with Gasteiger partial charge in [-0.2, -0.15) is 0 Å². The SMILES string of the molecule is Fc1ccc(F)cc1.O=COCc1ccccc1. The summed E-state index contributed by atoms with van der Waals surface area (Å²) in [7, 11) is 0. The quantitative estimate of drug-likeness (QED) is 0.781. The Morgan fingerprint density at radius 2 is 1.39 bits per heavy atom. The first-order valence-electron chi connectivity index (χ1n) is 5.22. The third kappa shape index (κ3) is 5.75. The molecule has 0 bridgehead atoms. The average molecular weight is 250 g/mol. The van der Waals surface area contributed by atoms with E-state index in [-0.39, 0.29) is 0 Å². The minimum absolute atomic E-state index is 0.365. The molecule has 0 unspecified atom stereocenters. The molecule has 0 heterocycles. The molecule has 0 aliphatic rings. The molecule has 0 aromatic heterocycles. The summed E-state index contributed by atoms with van der Waals surface area (Å²) in [5.41, 5.74) is 1.01. The highest BCUT2D eigenvalue weighted by Crippen LogP contribution is 1.99. The fourth-order valence-electron chi connectivity index (χ4n) is 1.13. The van der Waals surface area contributed by atoms with Crippen molar-refractivity contribution in [2.24, 2.45) is 0 Å². The lowest BCUT2D eigenvalue weighted by Crippen LogP contribution is -1.88. The van der Waals surface area contributed by atoms with Crippen molar-refractivity contribution < 1.29 is 18.3 Å². The normalized spacial score (nSPS) is 9.00. The highest BCUT2D eigenvalue weighted by Gasteiger charge is 1.87. The summed E-state index contributed by atoms with van der Waals surface area (Å²) in [5, 5.41) is 0. The molecule has 94 valence electrons. The van der Waals surface area contributed by atoms with Crippen molar-refractivity contribution in [1.82, 2.24) is 0 Å². The van der Waals surface area contributed by atoms with E-state index in [1.165, 1.54) is 0 Å². The molecule has 0 spiro atoms. The summed E-state index contributed by atoms with van der Waals surface area (Å²) in [6.07, 6.45) is 0. The van der Waals surface area contributed by atoms with Crippen LogP contribution in [0.25, 0.3) is 0 Å². The maximum atomic E-state index is 11.9. The summed E-state index contributed by atoms with van der Waals surface area (Å²) in [6, 6.07) is 13.9. The van der Waals surface area contributed by atoms with Gasteiger partial charge in [0.05, 0.1) is 0 Å². The molecule has 0 amide bonds. The molecule has 0 atom stereocenters. The van der Waals surface area contributed by atoms with E-state index >= 15 is 0 Å². The molecule has 2 aromatic rings. The zero-order valence-corrected chi connectivity index (χ0v) is 9.55. The Morgan fingerprint density at radius 3 is 1.83 bits per heavy atom. The van der Waals surface area contributed by atoms with Gasteiger partial charge >= 0.3 is 0 Å². The van der Waals surface area contributed by atoms with Crippen LogP contribution in [0.4, 0.5) is 8.78 Å². The maximum Gasteiger partial charge on any atom is 0.293 e. The van der Waals surface area contributed by atoms with Crippen molar-refractivity contribution in [3.8, 4) is 0 Å². The molecule has 0 aliphatic carbocycles. The largest absolute Gasteiger partial charge is 0.463 e. The highest BCUT2D eigenvalue weighted by atomic mass is 19.1. The van der Waals surface area contributed by atoms with E-state index in [0.29, 0.717) is 13.1 Å². The van der Waals surface area contributed by atoms with E-state index in [1.807, 2.05) is 30.3 Å². The van der Waals surface area contributed by atoms with Gasteiger partial charge in [0.2, 0.25) is 0 Å². The van der Waals surface area contributed by atoms with Crippen LogP contribution in [0.5, 0.6) is 0 Å². The van der Waals surface area contributed by atoms with Crippen LogP contribution in [0, 0.1) is 11.6 Å². The van der Waals surface area contributed by atoms with Gasteiger partial charge in [0, 0.05) is 0 Å². The summed E-state index contributed by atoms with van der Waals surface area (Å²) in [5.74, 6) is -0.821. The lowest BCUT2D eigenvalue weighted by Gasteiger charge is -1.95. The summed E-state index contributed by atoms with van der Waals surface area (Å²) < 4.78 is 28.4. The van der Waals surface area contributed by atoms with Crippen molar-refractivity contribution in [2.75, 3.05) is 0 Å². The van der Waals surface area contributed by atoms with Gasteiger partial charge in [0.1, 0.15) is 18.2 Å². The molecule has 0 aliphatic heterocycles. The minimum Gasteiger partial charge on any atom is -0.463 e. The molecular weight excluding hydrogens is 238 g/mol. The molecule has 0 radical (unpaired) electrons. The molecule has 18 heavy (non-hydrogen) atoms. The number of rotatable bonds is 3. The Labute approximate surface area is 104 Å². The molecule has 2 nitrogen and oxygen atoms in total. The number of carbonyl (C=O) groups is 1. The van der Waals surface area contributed by atoms with Gasteiger partial charge in [-0.1, -0.05) is 30.3 Å². The summed E-state index contributed by atoms with van der Waals surface area (Å²) in [6.45, 7) is 0.817. The van der Waals surface area contributed by atoms with Crippen LogP contribution in [0.15, 0.2) is 54.6 Å². The lowest BCUT2D eigenvalue weighted by atomic mass is 10.2. The van der Waals surface area contributed by atoms with Gasteiger partial charge in [-0.3, -0.25) is 4.79 Å². The van der Waals surface area contributed by atoms with E-state index in [4.69, 9.17) is 0 Å². The topological polar surface area (TPSA) is 26.3 Å². The van der Waals surface area contributed by atoms with Crippen LogP contribution < -0.4 is 0 Å².